The number of pyridine rings is 1. The van der Waals surface area contributed by atoms with Gasteiger partial charge in [-0.3, -0.25) is 4.98 Å². The second-order valence-corrected chi connectivity index (χ2v) is 7.92. The van der Waals surface area contributed by atoms with Crippen molar-refractivity contribution in [3.8, 4) is 11.3 Å². The molecule has 3 heterocycles. The highest BCUT2D eigenvalue weighted by Gasteiger charge is 2.45. The second kappa shape index (κ2) is 5.92. The van der Waals surface area contributed by atoms with Gasteiger partial charge in [-0.2, -0.15) is 0 Å². The summed E-state index contributed by atoms with van der Waals surface area (Å²) in [5.74, 6) is 0. The van der Waals surface area contributed by atoms with Gasteiger partial charge in [0.25, 0.3) is 0 Å². The zero-order valence-corrected chi connectivity index (χ0v) is 15.4. The minimum Gasteiger partial charge on any atom is -0.349 e. The van der Waals surface area contributed by atoms with Crippen LogP contribution in [0, 0.1) is 0 Å². The maximum atomic E-state index is 4.74. The molecule has 130 valence electrons. The summed E-state index contributed by atoms with van der Waals surface area (Å²) >= 11 is 1.63. The number of hydrogen-bond acceptors (Lipinski definition) is 5. The lowest BCUT2D eigenvalue weighted by Crippen LogP contribution is -2.29. The standard InChI is InChI=1S/C20H19N5S/c1-24(14-20(9-10-20)16-7-3-2-4-8-16)19-23-25-13-17(22-18(25)26-19)15-6-5-11-21-12-15/h2-8,11-13H,9-10,14H2,1H3. The lowest BCUT2D eigenvalue weighted by Gasteiger charge is -2.23. The van der Waals surface area contributed by atoms with Gasteiger partial charge in [-0.05, 0) is 30.5 Å². The summed E-state index contributed by atoms with van der Waals surface area (Å²) in [5.41, 5.74) is 3.65. The average Bonchev–Trinajstić information content (AvgIpc) is 3.18. The predicted octanol–water partition coefficient (Wildman–Crippen LogP) is 4.02. The Hall–Kier alpha value is -2.73. The number of imidazole rings is 1. The molecule has 0 amide bonds. The van der Waals surface area contributed by atoms with E-state index in [0.29, 0.717) is 0 Å². The molecule has 0 atom stereocenters. The molecule has 5 nitrogen and oxygen atoms in total. The fraction of sp³-hybridized carbons (Fsp3) is 0.250. The van der Waals surface area contributed by atoms with Crippen molar-refractivity contribution in [3.63, 3.8) is 0 Å². The highest BCUT2D eigenvalue weighted by Crippen LogP contribution is 2.49. The van der Waals surface area contributed by atoms with Gasteiger partial charge in [-0.15, -0.1) is 5.10 Å². The molecule has 3 aromatic heterocycles. The maximum Gasteiger partial charge on any atom is 0.214 e. The van der Waals surface area contributed by atoms with Gasteiger partial charge in [0.2, 0.25) is 10.1 Å². The van der Waals surface area contributed by atoms with Crippen LogP contribution >= 0.6 is 11.3 Å². The molecular formula is C20H19N5S. The molecular weight excluding hydrogens is 342 g/mol. The van der Waals surface area contributed by atoms with Gasteiger partial charge in [-0.25, -0.2) is 9.50 Å². The molecule has 1 saturated carbocycles. The molecule has 0 aliphatic heterocycles. The Morgan fingerprint density at radius 2 is 2.00 bits per heavy atom. The molecule has 0 spiro atoms. The van der Waals surface area contributed by atoms with Gasteiger partial charge in [0.05, 0.1) is 11.9 Å². The number of rotatable bonds is 5. The van der Waals surface area contributed by atoms with Crippen LogP contribution in [-0.4, -0.2) is 33.2 Å². The summed E-state index contributed by atoms with van der Waals surface area (Å²) in [4.78, 5) is 12.1. The topological polar surface area (TPSA) is 46.3 Å². The first-order valence-corrected chi connectivity index (χ1v) is 9.58. The monoisotopic (exact) mass is 361 g/mol. The van der Waals surface area contributed by atoms with Crippen molar-refractivity contribution < 1.29 is 0 Å². The van der Waals surface area contributed by atoms with E-state index in [0.717, 1.165) is 27.9 Å². The van der Waals surface area contributed by atoms with E-state index in [-0.39, 0.29) is 5.41 Å². The van der Waals surface area contributed by atoms with Crippen molar-refractivity contribution in [2.24, 2.45) is 0 Å². The van der Waals surface area contributed by atoms with Crippen LogP contribution in [0.5, 0.6) is 0 Å². The molecule has 0 saturated heterocycles. The highest BCUT2D eigenvalue weighted by atomic mass is 32.1. The minimum absolute atomic E-state index is 0.282. The third kappa shape index (κ3) is 2.66. The third-order valence-corrected chi connectivity index (χ3v) is 6.13. The molecule has 0 bridgehead atoms. The molecule has 0 radical (unpaired) electrons. The van der Waals surface area contributed by atoms with Gasteiger partial charge in [0.15, 0.2) is 0 Å². The first-order valence-electron chi connectivity index (χ1n) is 8.77. The molecule has 0 N–H and O–H groups in total. The summed E-state index contributed by atoms with van der Waals surface area (Å²) in [6, 6.07) is 14.8. The number of anilines is 1. The number of fused-ring (bicyclic) bond motifs is 1. The molecule has 1 aliphatic rings. The van der Waals surface area contributed by atoms with E-state index in [2.05, 4.69) is 47.3 Å². The first kappa shape index (κ1) is 15.5. The van der Waals surface area contributed by atoms with Gasteiger partial charge in [0, 0.05) is 37.0 Å². The van der Waals surface area contributed by atoms with Crippen molar-refractivity contribution >= 4 is 21.4 Å². The van der Waals surface area contributed by atoms with Gasteiger partial charge in [-0.1, -0.05) is 41.7 Å². The van der Waals surface area contributed by atoms with Crippen molar-refractivity contribution in [2.75, 3.05) is 18.5 Å². The SMILES string of the molecule is CN(CC1(c2ccccc2)CC1)c1nn2cc(-c3cccnc3)nc2s1. The van der Waals surface area contributed by atoms with Crippen LogP contribution in [0.1, 0.15) is 18.4 Å². The van der Waals surface area contributed by atoms with E-state index in [9.17, 15) is 0 Å². The summed E-state index contributed by atoms with van der Waals surface area (Å²) < 4.78 is 1.88. The van der Waals surface area contributed by atoms with E-state index in [4.69, 9.17) is 10.1 Å². The third-order valence-electron chi connectivity index (χ3n) is 5.10. The minimum atomic E-state index is 0.282. The zero-order chi connectivity index (χ0) is 17.6. The van der Waals surface area contributed by atoms with Crippen molar-refractivity contribution in [1.29, 1.82) is 0 Å². The van der Waals surface area contributed by atoms with E-state index in [1.165, 1.54) is 18.4 Å². The van der Waals surface area contributed by atoms with Crippen LogP contribution in [0.4, 0.5) is 5.13 Å². The van der Waals surface area contributed by atoms with Crippen LogP contribution < -0.4 is 4.90 Å². The van der Waals surface area contributed by atoms with Crippen LogP contribution in [0.3, 0.4) is 0 Å². The van der Waals surface area contributed by atoms with E-state index in [1.54, 1.807) is 17.5 Å². The molecule has 1 fully saturated rings. The van der Waals surface area contributed by atoms with Crippen LogP contribution in [-0.2, 0) is 5.41 Å². The van der Waals surface area contributed by atoms with Crippen molar-refractivity contribution in [1.82, 2.24) is 19.6 Å². The van der Waals surface area contributed by atoms with Crippen LogP contribution in [0.15, 0.2) is 61.1 Å². The van der Waals surface area contributed by atoms with Gasteiger partial charge in [0.1, 0.15) is 0 Å². The normalized spacial score (nSPS) is 15.3. The molecule has 1 aliphatic carbocycles. The lowest BCUT2D eigenvalue weighted by atomic mass is 9.96. The van der Waals surface area contributed by atoms with Gasteiger partial charge < -0.3 is 4.90 Å². The fourth-order valence-electron chi connectivity index (χ4n) is 3.50. The Morgan fingerprint density at radius 1 is 1.15 bits per heavy atom. The number of aromatic nitrogens is 4. The summed E-state index contributed by atoms with van der Waals surface area (Å²) in [7, 11) is 2.13. The van der Waals surface area contributed by atoms with Gasteiger partial charge >= 0.3 is 0 Å². The van der Waals surface area contributed by atoms with E-state index >= 15 is 0 Å². The lowest BCUT2D eigenvalue weighted by molar-refractivity contribution is 0.669. The zero-order valence-electron chi connectivity index (χ0n) is 14.5. The Morgan fingerprint density at radius 3 is 2.69 bits per heavy atom. The molecule has 6 heteroatoms. The largest absolute Gasteiger partial charge is 0.349 e. The predicted molar refractivity (Wildman–Crippen MR) is 105 cm³/mol. The smallest absolute Gasteiger partial charge is 0.214 e. The highest BCUT2D eigenvalue weighted by molar-refractivity contribution is 7.20. The quantitative estimate of drug-likeness (QED) is 0.539. The van der Waals surface area contributed by atoms with Crippen molar-refractivity contribution in [2.45, 2.75) is 18.3 Å². The number of nitrogens with zero attached hydrogens (tertiary/aromatic N) is 5. The Bertz CT molecular complexity index is 1000. The fourth-order valence-corrected chi connectivity index (χ4v) is 4.34. The molecule has 26 heavy (non-hydrogen) atoms. The van der Waals surface area contributed by atoms with E-state index < -0.39 is 0 Å². The van der Waals surface area contributed by atoms with E-state index in [1.807, 2.05) is 29.0 Å². The Balaban J connectivity index is 1.39. The molecule has 5 rings (SSSR count). The number of hydrogen-bond donors (Lipinski definition) is 0. The number of benzene rings is 1. The Kier molecular flexibility index (Phi) is 3.53. The molecule has 1 aromatic carbocycles. The molecule has 4 aromatic rings. The summed E-state index contributed by atoms with van der Waals surface area (Å²) in [6.07, 6.45) is 8.07. The number of likely N-dealkylation sites (N-methyl/N-ethyl adjacent to an activating group) is 1. The summed E-state index contributed by atoms with van der Waals surface area (Å²) in [6.45, 7) is 0.989. The van der Waals surface area contributed by atoms with Crippen LogP contribution in [0.25, 0.3) is 16.2 Å². The van der Waals surface area contributed by atoms with Crippen LogP contribution in [0.2, 0.25) is 0 Å². The maximum absolute atomic E-state index is 4.74. The average molecular weight is 361 g/mol. The first-order chi connectivity index (χ1) is 12.7. The summed E-state index contributed by atoms with van der Waals surface area (Å²) in [5, 5.41) is 5.75. The second-order valence-electron chi connectivity index (χ2n) is 6.98. The Labute approximate surface area is 156 Å². The van der Waals surface area contributed by atoms with Crippen molar-refractivity contribution in [3.05, 3.63) is 66.6 Å². The molecule has 0 unspecified atom stereocenters.